The van der Waals surface area contributed by atoms with Crippen molar-refractivity contribution in [3.63, 3.8) is 0 Å². The van der Waals surface area contributed by atoms with Crippen LogP contribution in [0.5, 0.6) is 0 Å². The Morgan fingerprint density at radius 3 is 2.36 bits per heavy atom. The lowest BCUT2D eigenvalue weighted by atomic mass is 9.36. The Bertz CT molecular complexity index is 1220. The van der Waals surface area contributed by atoms with E-state index in [4.69, 9.17) is 14.2 Å². The van der Waals surface area contributed by atoms with Gasteiger partial charge in [0.1, 0.15) is 29.5 Å². The summed E-state index contributed by atoms with van der Waals surface area (Å²) in [7, 11) is 0. The van der Waals surface area contributed by atoms with E-state index in [2.05, 4.69) is 11.5 Å². The molecule has 0 aromatic rings. The van der Waals surface area contributed by atoms with Crippen LogP contribution < -0.4 is 0 Å². The zero-order valence-corrected chi connectivity index (χ0v) is 23.2. The summed E-state index contributed by atoms with van der Waals surface area (Å²) in [6.07, 6.45) is -2.61. The number of carbonyl (C=O) groups excluding carboxylic acids is 3. The molecule has 9 rings (SSSR count). The Kier molecular flexibility index (Phi) is 4.82. The number of fused-ring (bicyclic) bond motifs is 1. The predicted octanol–water partition coefficient (Wildman–Crippen LogP) is 0.703. The average Bonchev–Trinajstić information content (AvgIpc) is 3.27. The lowest BCUT2D eigenvalue weighted by molar-refractivity contribution is -0.346. The Labute approximate surface area is 227 Å². The molecule has 6 saturated carbocycles. The fourth-order valence-electron chi connectivity index (χ4n) is 11.7. The number of rotatable bonds is 5. The van der Waals surface area contributed by atoms with E-state index in [0.717, 1.165) is 0 Å². The molecule has 0 amide bonds. The fourth-order valence-corrected chi connectivity index (χ4v) is 11.7. The quantitative estimate of drug-likeness (QED) is 0.257. The Hall–Kier alpha value is -2.01. The number of nitrogens with zero attached hydrogens (tertiary/aromatic N) is 1. The van der Waals surface area contributed by atoms with Gasteiger partial charge in [-0.25, -0.2) is 0 Å². The zero-order valence-electron chi connectivity index (χ0n) is 23.2. The molecule has 0 aromatic carbocycles. The Morgan fingerprint density at radius 2 is 1.74 bits per heavy atom. The molecule has 10 nitrogen and oxygen atoms in total. The van der Waals surface area contributed by atoms with Crippen LogP contribution in [0.25, 0.3) is 0 Å². The number of aliphatic hydroxyl groups is 3. The minimum atomic E-state index is -1.75. The third kappa shape index (κ3) is 2.35. The molecule has 3 saturated heterocycles. The third-order valence-electron chi connectivity index (χ3n) is 12.5. The van der Waals surface area contributed by atoms with Gasteiger partial charge >= 0.3 is 17.9 Å². The summed E-state index contributed by atoms with van der Waals surface area (Å²) in [5, 5.41) is 38.0. The number of esters is 3. The van der Waals surface area contributed by atoms with Gasteiger partial charge in [-0.2, -0.15) is 0 Å². The van der Waals surface area contributed by atoms with Gasteiger partial charge in [0.2, 0.25) is 0 Å². The van der Waals surface area contributed by atoms with Crippen LogP contribution in [0.1, 0.15) is 60.3 Å². The van der Waals surface area contributed by atoms with Crippen molar-refractivity contribution in [2.24, 2.45) is 34.0 Å². The molecule has 9 bridgehead atoms. The number of hydrogen-bond donors (Lipinski definition) is 3. The van der Waals surface area contributed by atoms with Crippen LogP contribution in [0.3, 0.4) is 0 Å². The van der Waals surface area contributed by atoms with Gasteiger partial charge in [-0.05, 0) is 31.6 Å². The van der Waals surface area contributed by atoms with Gasteiger partial charge in [0.15, 0.2) is 0 Å². The van der Waals surface area contributed by atoms with E-state index in [1.165, 1.54) is 13.8 Å². The fraction of sp³-hybridized carbons (Fsp3) is 0.828. The van der Waals surface area contributed by atoms with Crippen LogP contribution in [0, 0.1) is 34.0 Å². The first-order valence-electron chi connectivity index (χ1n) is 14.3. The molecular weight excluding hydrogens is 506 g/mol. The third-order valence-corrected chi connectivity index (χ3v) is 12.5. The average molecular weight is 546 g/mol. The second kappa shape index (κ2) is 7.24. The van der Waals surface area contributed by atoms with E-state index in [0.29, 0.717) is 31.4 Å². The predicted molar refractivity (Wildman–Crippen MR) is 134 cm³/mol. The smallest absolute Gasteiger partial charge is 0.309 e. The van der Waals surface area contributed by atoms with Crippen LogP contribution >= 0.6 is 0 Å². The highest BCUT2D eigenvalue weighted by molar-refractivity contribution is 5.72. The normalized spacial score (nSPS) is 57.4. The molecule has 1 unspecified atom stereocenters. The van der Waals surface area contributed by atoms with Crippen molar-refractivity contribution in [2.75, 3.05) is 6.54 Å². The van der Waals surface area contributed by atoms with Crippen molar-refractivity contribution in [3.8, 4) is 0 Å². The minimum Gasteiger partial charge on any atom is -0.459 e. The molecular formula is C29H39NO9. The summed E-state index contributed by atoms with van der Waals surface area (Å²) >= 11 is 0. The van der Waals surface area contributed by atoms with Crippen LogP contribution in [-0.4, -0.2) is 92.4 Å². The van der Waals surface area contributed by atoms with Gasteiger partial charge in [-0.3, -0.25) is 19.3 Å². The summed E-state index contributed by atoms with van der Waals surface area (Å²) in [5.74, 6) is -2.91. The van der Waals surface area contributed by atoms with Crippen LogP contribution in [-0.2, 0) is 28.6 Å². The van der Waals surface area contributed by atoms with E-state index in [1.54, 1.807) is 6.92 Å². The molecule has 3 aliphatic heterocycles. The summed E-state index contributed by atoms with van der Waals surface area (Å²) < 4.78 is 17.9. The monoisotopic (exact) mass is 545 g/mol. The van der Waals surface area contributed by atoms with E-state index in [1.807, 2.05) is 13.8 Å². The Balaban J connectivity index is 1.44. The minimum absolute atomic E-state index is 0.0440. The molecule has 2 spiro atoms. The van der Waals surface area contributed by atoms with Gasteiger partial charge in [0, 0.05) is 48.6 Å². The molecule has 9 aliphatic rings. The van der Waals surface area contributed by atoms with Crippen molar-refractivity contribution in [1.29, 1.82) is 0 Å². The summed E-state index contributed by atoms with van der Waals surface area (Å²) in [6, 6.07) is -0.676. The zero-order chi connectivity index (χ0) is 28.2. The van der Waals surface area contributed by atoms with Gasteiger partial charge in [0.05, 0.1) is 18.1 Å². The SMILES string of the molecule is C=C1C[C@]23C[C@H]4[C@@H]5[C@@]6(C)CN4[C@@H]4[C@@]2(O)[C@@H](OC(C)=O)[C@H]1[C@@H](O)[C@@]3(O)[C@]54C[C@@H](OC(=O)[C@H](C)CC)[C@H]6OC(C)=O. The highest BCUT2D eigenvalue weighted by Crippen LogP contribution is 2.89. The second-order valence-electron chi connectivity index (χ2n) is 13.9. The summed E-state index contributed by atoms with van der Waals surface area (Å²) in [5.41, 5.74) is -5.68. The van der Waals surface area contributed by atoms with Crippen molar-refractivity contribution < 1.29 is 43.9 Å². The number of hydrogen-bond acceptors (Lipinski definition) is 10. The van der Waals surface area contributed by atoms with Crippen LogP contribution in [0.15, 0.2) is 12.2 Å². The molecule has 10 heteroatoms. The maximum Gasteiger partial charge on any atom is 0.309 e. The van der Waals surface area contributed by atoms with Gasteiger partial charge in [-0.15, -0.1) is 0 Å². The molecule has 6 aliphatic carbocycles. The van der Waals surface area contributed by atoms with Crippen molar-refractivity contribution >= 4 is 17.9 Å². The number of ether oxygens (including phenoxy) is 3. The maximum absolute atomic E-state index is 13.1. The lowest BCUT2D eigenvalue weighted by Crippen LogP contribution is -2.83. The number of carbonyl (C=O) groups is 3. The van der Waals surface area contributed by atoms with E-state index in [9.17, 15) is 29.7 Å². The topological polar surface area (TPSA) is 143 Å². The lowest BCUT2D eigenvalue weighted by Gasteiger charge is -2.71. The van der Waals surface area contributed by atoms with Crippen LogP contribution in [0.4, 0.5) is 0 Å². The molecule has 214 valence electrons. The van der Waals surface area contributed by atoms with Gasteiger partial charge < -0.3 is 29.5 Å². The standard InChI is InChI=1S/C29H39NO9/c1-7-12(2)23(34)39-17-10-27-19-16-9-26-8-13(3)18(20(33)29(26,27)36)22(38-15(5)32)28(26,35)24(27)30(16)11-25(19,6)21(17)37-14(4)31/h12,16-22,24,33,35-36H,3,7-11H2,1-2,4-6H3/t12-,16+,17-,18-,19-,20-,21-,22+,24+,25-,26+,27-,28+,29+/m1/s1. The summed E-state index contributed by atoms with van der Waals surface area (Å²) in [6.45, 7) is 13.0. The molecule has 9 fully saturated rings. The molecule has 0 radical (unpaired) electrons. The van der Waals surface area contributed by atoms with E-state index < -0.39 is 81.7 Å². The first-order valence-corrected chi connectivity index (χ1v) is 14.3. The van der Waals surface area contributed by atoms with E-state index >= 15 is 0 Å². The highest BCUT2D eigenvalue weighted by atomic mass is 16.6. The van der Waals surface area contributed by atoms with Crippen molar-refractivity contribution in [1.82, 2.24) is 4.90 Å². The van der Waals surface area contributed by atoms with Crippen LogP contribution in [0.2, 0.25) is 0 Å². The highest BCUT2D eigenvalue weighted by Gasteiger charge is 3.01. The first-order chi connectivity index (χ1) is 18.2. The number of piperidine rings is 2. The molecule has 15 atom stereocenters. The molecule has 0 aromatic heterocycles. The maximum atomic E-state index is 13.1. The Morgan fingerprint density at radius 1 is 1.10 bits per heavy atom. The molecule has 3 N–H and O–H groups in total. The number of aliphatic hydroxyl groups excluding tert-OH is 1. The van der Waals surface area contributed by atoms with E-state index in [-0.39, 0.29) is 24.3 Å². The summed E-state index contributed by atoms with van der Waals surface area (Å²) in [4.78, 5) is 40.0. The molecule has 3 heterocycles. The first kappa shape index (κ1) is 25.9. The van der Waals surface area contributed by atoms with Crippen molar-refractivity contribution in [2.45, 2.75) is 108 Å². The van der Waals surface area contributed by atoms with Crippen molar-refractivity contribution in [3.05, 3.63) is 12.2 Å². The largest absolute Gasteiger partial charge is 0.459 e. The van der Waals surface area contributed by atoms with Gasteiger partial charge in [0.25, 0.3) is 0 Å². The second-order valence-corrected chi connectivity index (χ2v) is 13.9. The molecule has 39 heavy (non-hydrogen) atoms. The van der Waals surface area contributed by atoms with Gasteiger partial charge in [-0.1, -0.05) is 32.9 Å².